The number of aliphatic hydroxyl groups excluding tert-OH is 15. The fourth-order valence-corrected chi connectivity index (χ4v) is 17.3. The zero-order chi connectivity index (χ0) is 92.4. The number of carboxylic acid groups (broad SMARTS) is 1. The summed E-state index contributed by atoms with van der Waals surface area (Å²) in [6, 6.07) is -4.83. The van der Waals surface area contributed by atoms with Crippen LogP contribution in [0.15, 0.2) is 12.2 Å². The van der Waals surface area contributed by atoms with Crippen LogP contribution in [-0.2, 0) is 76.1 Å². The third kappa shape index (κ3) is 39.0. The molecule has 3 amide bonds. The van der Waals surface area contributed by atoms with Crippen LogP contribution in [0.4, 0.5) is 0 Å². The van der Waals surface area contributed by atoms with Crippen molar-refractivity contribution in [2.45, 2.75) is 495 Å². The van der Waals surface area contributed by atoms with Gasteiger partial charge in [-0.25, -0.2) is 4.79 Å². The van der Waals surface area contributed by atoms with Crippen LogP contribution in [0.3, 0.4) is 0 Å². The second-order valence-corrected chi connectivity index (χ2v) is 35.4. The van der Waals surface area contributed by atoms with Gasteiger partial charge in [-0.05, 0) is 31.8 Å². The number of amides is 3. The summed E-state index contributed by atoms with van der Waals surface area (Å²) < 4.78 is 67.2. The summed E-state index contributed by atoms with van der Waals surface area (Å²) in [5.41, 5.74) is 0. The number of aliphatic carboxylic acids is 1. The van der Waals surface area contributed by atoms with E-state index in [4.69, 9.17) is 52.1 Å². The Kier molecular flexibility index (Phi) is 57.3. The van der Waals surface area contributed by atoms with Gasteiger partial charge in [-0.15, -0.1) is 0 Å². The van der Waals surface area contributed by atoms with Crippen LogP contribution in [0.1, 0.15) is 324 Å². The van der Waals surface area contributed by atoms with Crippen LogP contribution in [0.5, 0.6) is 0 Å². The average Bonchev–Trinajstić information content (AvgIpc) is 0.745. The monoisotopic (exact) mass is 1810 g/mol. The lowest BCUT2D eigenvalue weighted by Crippen LogP contribution is -2.72. The third-order valence-corrected chi connectivity index (χ3v) is 24.8. The summed E-state index contributed by atoms with van der Waals surface area (Å²) in [5.74, 6) is -8.20. The standard InChI is InChI=1S/C91H165N3O32/c1-6-9-12-15-18-21-24-27-29-32-35-38-41-44-47-50-69(104)94-61(64(49-46-43-40-37-34-31-26-23-20-17-14-11-8-3)117-70(105)51-48-45-42-39-36-33-30-28-25-22-19-16-13-10-7-2)58-116-87-79(112)77(110)82(67(56-98)120-87)123-89-80(113)85(126-91(90(114)115)52-62(102)71(92-59(4)100)84(125-91)73(106)63(103)53-95)83(68(57-99)121-89)124-86-72(93-60(5)101)75(108)81(66(55-97)119-86)122-88-78(111)76(109)74(107)65(54-96)118-88/h46,49,61-68,71-89,95-99,102-103,106-113H,6-45,47-48,50-58H2,1-5H3,(H,92,100)(H,93,101)(H,94,104)(H,114,115)/b49-46+/t61?,62-,63-,64?,65-,66-,67-,68-,71+,72-,73+,74+,75-,76+,77-,78-,79-,80-,81+,82-,83+,84?,85-,86+,87-,88+,89+,91-/m1/s1. The normalized spacial score (nSPS) is 31.1. The van der Waals surface area contributed by atoms with E-state index in [1.807, 2.05) is 6.08 Å². The number of esters is 1. The van der Waals surface area contributed by atoms with Crippen molar-refractivity contribution in [3.63, 3.8) is 0 Å². The molecule has 35 nitrogen and oxygen atoms in total. The molecule has 0 saturated carbocycles. The molecule has 5 fully saturated rings. The Balaban J connectivity index is 1.44. The summed E-state index contributed by atoms with van der Waals surface area (Å²) in [5, 5.41) is 188. The molecule has 19 N–H and O–H groups in total. The van der Waals surface area contributed by atoms with Crippen LogP contribution in [0, 0.1) is 0 Å². The Bertz CT molecular complexity index is 2920. The zero-order valence-electron chi connectivity index (χ0n) is 76.0. The first-order valence-corrected chi connectivity index (χ1v) is 48.0. The predicted octanol–water partition coefficient (Wildman–Crippen LogP) is 5.77. The van der Waals surface area contributed by atoms with E-state index in [0.29, 0.717) is 19.3 Å². The molecule has 5 aliphatic rings. The fourth-order valence-electron chi connectivity index (χ4n) is 17.3. The number of carbonyl (C=O) groups is 5. The number of ether oxygens (including phenoxy) is 11. The van der Waals surface area contributed by atoms with E-state index in [1.165, 1.54) is 154 Å². The lowest BCUT2D eigenvalue weighted by Gasteiger charge is -2.52. The molecule has 0 aromatic rings. The minimum Gasteiger partial charge on any atom is -0.477 e. The van der Waals surface area contributed by atoms with Gasteiger partial charge < -0.3 is 150 Å². The van der Waals surface area contributed by atoms with Crippen LogP contribution in [0.2, 0.25) is 0 Å². The highest BCUT2D eigenvalue weighted by Gasteiger charge is 2.62. The Labute approximate surface area is 746 Å². The van der Waals surface area contributed by atoms with Crippen molar-refractivity contribution >= 4 is 29.7 Å². The van der Waals surface area contributed by atoms with Crippen molar-refractivity contribution in [1.29, 1.82) is 0 Å². The minimum absolute atomic E-state index is 0.0919. The number of allylic oxidation sites excluding steroid dienone is 1. The molecule has 0 bridgehead atoms. The van der Waals surface area contributed by atoms with Gasteiger partial charge in [0.05, 0.1) is 57.8 Å². The number of nitrogens with one attached hydrogen (secondary N) is 3. The second kappa shape index (κ2) is 64.1. The average molecular weight is 1810 g/mol. The number of rotatable bonds is 69. The van der Waals surface area contributed by atoms with E-state index in [2.05, 4.69) is 36.7 Å². The number of hydrogen-bond acceptors (Lipinski definition) is 31. The first kappa shape index (κ1) is 113. The van der Waals surface area contributed by atoms with Gasteiger partial charge in [0.25, 0.3) is 5.79 Å². The highest BCUT2D eigenvalue weighted by Crippen LogP contribution is 2.42. The van der Waals surface area contributed by atoms with Gasteiger partial charge in [-0.1, -0.05) is 271 Å². The SMILES string of the molecule is CCCCCCCCCCCCC/C=C/C(OC(=O)CCCCCCCCCCCCCCCCC)C(CO[C@@H]1O[C@H](CO)[C@@H](O[C@@H]2O[C@H](CO)[C@H](O[C@@H]3O[C@H](CO)[C@H](O[C@@H]4O[C@H](CO)[C@H](O)[C@H](O)[C@H]4O)[C@H](O)[C@H]3NC(C)=O)[C@H](O[C@@]3(C(=O)O)C[C@@H](O)[C@H](NC(C)=O)C([C@@H](O)[C@H](O)CO)O3)[C@H]2O)[C@H](O)[C@H]1O)NC(=O)CCCCCCCCCCCCCCCCC. The fraction of sp³-hybridized carbons (Fsp3) is 0.923. The molecule has 5 heterocycles. The molecule has 28 atom stereocenters. The molecular weight excluding hydrogens is 1650 g/mol. The zero-order valence-corrected chi connectivity index (χ0v) is 76.0. The molecule has 0 spiro atoms. The first-order chi connectivity index (χ1) is 60.7. The van der Waals surface area contributed by atoms with Crippen molar-refractivity contribution in [2.24, 2.45) is 0 Å². The van der Waals surface area contributed by atoms with E-state index in [-0.39, 0.29) is 18.7 Å². The second-order valence-electron chi connectivity index (χ2n) is 35.4. The summed E-state index contributed by atoms with van der Waals surface area (Å²) >= 11 is 0. The topological polar surface area (TPSA) is 547 Å². The van der Waals surface area contributed by atoms with E-state index in [9.17, 15) is 106 Å². The molecule has 5 aliphatic heterocycles. The third-order valence-electron chi connectivity index (χ3n) is 24.8. The molecule has 3 unspecified atom stereocenters. The molecule has 0 aromatic carbocycles. The van der Waals surface area contributed by atoms with Gasteiger partial charge in [0, 0.05) is 33.1 Å². The van der Waals surface area contributed by atoms with Gasteiger partial charge in [-0.2, -0.15) is 0 Å². The number of carboxylic acids is 1. The molecule has 736 valence electrons. The molecule has 126 heavy (non-hydrogen) atoms. The maximum Gasteiger partial charge on any atom is 0.364 e. The van der Waals surface area contributed by atoms with Crippen molar-refractivity contribution < 1.29 is 158 Å². The van der Waals surface area contributed by atoms with Crippen molar-refractivity contribution in [1.82, 2.24) is 16.0 Å². The Hall–Kier alpha value is -3.91. The Morgan fingerprint density at radius 1 is 0.429 bits per heavy atom. The summed E-state index contributed by atoms with van der Waals surface area (Å²) in [4.78, 5) is 68.0. The van der Waals surface area contributed by atoms with E-state index >= 15 is 0 Å². The van der Waals surface area contributed by atoms with Gasteiger partial charge in [0.1, 0.15) is 122 Å². The minimum atomic E-state index is -3.39. The highest BCUT2D eigenvalue weighted by molar-refractivity contribution is 5.77. The molecule has 0 radical (unpaired) electrons. The lowest BCUT2D eigenvalue weighted by atomic mass is 9.88. The number of carbonyl (C=O) groups excluding carboxylic acids is 4. The maximum atomic E-state index is 14.3. The van der Waals surface area contributed by atoms with Gasteiger partial charge in [0.15, 0.2) is 25.2 Å². The van der Waals surface area contributed by atoms with Gasteiger partial charge in [0.2, 0.25) is 17.7 Å². The van der Waals surface area contributed by atoms with Crippen LogP contribution in [0.25, 0.3) is 0 Å². The summed E-state index contributed by atoms with van der Waals surface area (Å²) in [7, 11) is 0. The van der Waals surface area contributed by atoms with Crippen LogP contribution in [-0.4, -0.2) is 322 Å². The van der Waals surface area contributed by atoms with Crippen molar-refractivity contribution in [3.8, 4) is 0 Å². The van der Waals surface area contributed by atoms with Crippen molar-refractivity contribution in [3.05, 3.63) is 12.2 Å². The molecule has 5 saturated heterocycles. The van der Waals surface area contributed by atoms with E-state index in [0.717, 1.165) is 110 Å². The van der Waals surface area contributed by atoms with Crippen LogP contribution >= 0.6 is 0 Å². The number of hydrogen-bond donors (Lipinski definition) is 19. The predicted molar refractivity (Wildman–Crippen MR) is 462 cm³/mol. The van der Waals surface area contributed by atoms with Crippen molar-refractivity contribution in [2.75, 3.05) is 39.6 Å². The highest BCUT2D eigenvalue weighted by atomic mass is 16.8. The number of unbranched alkanes of at least 4 members (excludes halogenated alkanes) is 39. The largest absolute Gasteiger partial charge is 0.477 e. The quantitative estimate of drug-likeness (QED) is 0.0195. The summed E-state index contributed by atoms with van der Waals surface area (Å²) in [6.45, 7) is 2.58. The lowest BCUT2D eigenvalue weighted by molar-refractivity contribution is -0.403. The van der Waals surface area contributed by atoms with Crippen LogP contribution < -0.4 is 16.0 Å². The Morgan fingerprint density at radius 3 is 1.27 bits per heavy atom. The van der Waals surface area contributed by atoms with Gasteiger partial charge in [-0.3, -0.25) is 19.2 Å². The van der Waals surface area contributed by atoms with E-state index in [1.54, 1.807) is 6.08 Å². The molecule has 0 aliphatic carbocycles. The maximum absolute atomic E-state index is 14.3. The molecule has 5 rings (SSSR count). The number of aliphatic hydroxyl groups is 15. The smallest absolute Gasteiger partial charge is 0.364 e. The molecular formula is C91H165N3O32. The molecule has 0 aromatic heterocycles. The molecule has 35 heteroatoms. The summed E-state index contributed by atoms with van der Waals surface area (Å²) in [6.07, 6.45) is 0.570. The van der Waals surface area contributed by atoms with Gasteiger partial charge >= 0.3 is 11.9 Å². The Morgan fingerprint density at radius 2 is 0.817 bits per heavy atom. The van der Waals surface area contributed by atoms with E-state index < -0.39 is 241 Å². The first-order valence-electron chi connectivity index (χ1n) is 48.0.